The van der Waals surface area contributed by atoms with Crippen molar-refractivity contribution < 1.29 is 112 Å². The number of hydrogen-bond acceptors (Lipinski definition) is 8. The Labute approximate surface area is 391 Å². The number of rotatable bonds is 26. The molecule has 0 saturated carbocycles. The van der Waals surface area contributed by atoms with Crippen molar-refractivity contribution in [1.82, 2.24) is 0 Å². The van der Waals surface area contributed by atoms with Gasteiger partial charge in [0.05, 0.1) is 20.3 Å². The molecule has 2 rings (SSSR count). The number of carbonyl (C=O) groups is 2. The van der Waals surface area contributed by atoms with E-state index in [0.717, 1.165) is 0 Å². The summed E-state index contributed by atoms with van der Waals surface area (Å²) in [6, 6.07) is 10.5. The van der Waals surface area contributed by atoms with Crippen LogP contribution < -0.4 is 14.8 Å². The molecule has 0 radical (unpaired) electrons. The summed E-state index contributed by atoms with van der Waals surface area (Å²) in [6.07, 6.45) is -9.36. The second kappa shape index (κ2) is 23.2. The van der Waals surface area contributed by atoms with Gasteiger partial charge in [-0.1, -0.05) is 52.0 Å². The lowest BCUT2D eigenvalue weighted by molar-refractivity contribution is -0.461. The molecule has 0 fully saturated rings. The molecule has 2 aromatic rings. The van der Waals surface area contributed by atoms with E-state index in [4.69, 9.17) is 28.1 Å². The molecular weight excluding hydrogens is 1010 g/mol. The fraction of sp³-hybridized carbons (Fsp3) is 0.581. The predicted molar refractivity (Wildman–Crippen MR) is 220 cm³/mol. The van der Waals surface area contributed by atoms with Crippen LogP contribution in [0.1, 0.15) is 59.6 Å². The fourth-order valence-electron chi connectivity index (χ4n) is 6.73. The number of halogens is 17. The van der Waals surface area contributed by atoms with Crippen LogP contribution in [0.2, 0.25) is 17.1 Å². The number of methoxy groups -OCH3 is 2. The van der Waals surface area contributed by atoms with Crippen LogP contribution in [-0.2, 0) is 23.4 Å². The quantitative estimate of drug-likeness (QED) is 0.0248. The van der Waals surface area contributed by atoms with Crippen LogP contribution in [-0.4, -0.2) is 108 Å². The summed E-state index contributed by atoms with van der Waals surface area (Å²) in [6.45, 7) is 7.56. The predicted octanol–water partition coefficient (Wildman–Crippen LogP) is 13.6. The maximum absolute atomic E-state index is 15.1. The Balaban J connectivity index is 2.36. The Morgan fingerprint density at radius 3 is 1.61 bits per heavy atom. The number of nitrogens with one attached hydrogen (secondary N) is 1. The molecule has 2 atom stereocenters. The van der Waals surface area contributed by atoms with E-state index in [1.807, 2.05) is 0 Å². The zero-order valence-electron chi connectivity index (χ0n) is 38.4. The highest BCUT2D eigenvalue weighted by Gasteiger charge is 2.95. The van der Waals surface area contributed by atoms with E-state index >= 15 is 8.78 Å². The number of ether oxygens (including phenoxy) is 5. The van der Waals surface area contributed by atoms with Crippen LogP contribution in [0.25, 0.3) is 0 Å². The Morgan fingerprint density at radius 2 is 1.16 bits per heavy atom. The molecule has 0 saturated heterocycles. The number of carbonyl (C=O) groups excluding carboxylic acids is 2. The Bertz CT molecular complexity index is 2070. The van der Waals surface area contributed by atoms with Crippen molar-refractivity contribution in [3.8, 4) is 11.5 Å². The molecule has 0 aliphatic rings. The molecule has 0 aliphatic heterocycles. The van der Waals surface area contributed by atoms with Crippen LogP contribution in [0.3, 0.4) is 0 Å². The Morgan fingerprint density at radius 1 is 0.671 bits per heavy atom. The highest BCUT2D eigenvalue weighted by atomic mass is 28.4. The van der Waals surface area contributed by atoms with Crippen LogP contribution in [0.15, 0.2) is 72.3 Å². The molecular formula is C43H50F17NO8Si. The lowest BCUT2D eigenvalue weighted by atomic mass is 9.88. The molecule has 27 heteroatoms. The van der Waals surface area contributed by atoms with Crippen molar-refractivity contribution in [3.05, 3.63) is 77.9 Å². The number of anilines is 1. The molecule has 0 unspecified atom stereocenters. The van der Waals surface area contributed by atoms with E-state index in [1.165, 1.54) is 96.5 Å². The van der Waals surface area contributed by atoms with Crippen LogP contribution in [0, 0.1) is 0 Å². The summed E-state index contributed by atoms with van der Waals surface area (Å²) < 4.78 is 269. The maximum Gasteiger partial charge on any atom is 0.460 e. The molecule has 1 N–H and O–H groups in total. The van der Waals surface area contributed by atoms with Crippen LogP contribution in [0.5, 0.6) is 11.5 Å². The van der Waals surface area contributed by atoms with Gasteiger partial charge in [0.25, 0.3) is 0 Å². The maximum atomic E-state index is 15.1. The van der Waals surface area contributed by atoms with Gasteiger partial charge in [0, 0.05) is 25.3 Å². The average Bonchev–Trinajstić information content (AvgIpc) is 3.25. The van der Waals surface area contributed by atoms with Crippen molar-refractivity contribution in [2.45, 2.75) is 125 Å². The standard InChI is InChI=1S/C43H50F17NO8Si/c1-9-66-33(62)24-27(6)10-19-32(65-8)34(69-35(63)61-29-13-17-30(64-7)18-14-29)28-11-15-31(16-12-28)67-21-22-68-70(25(2)3,26(4)5)23-20-36(44,45)37(46,47)38(48,49)39(50,51)40(52,53)41(54,55)42(56,57)43(58,59)60/h10-19,24-26,32,34H,9,20-23H2,1-8H3,(H,61,63)/b19-10+,27-24+/t32-,34-/m1/s1. The van der Waals surface area contributed by atoms with Crippen LogP contribution in [0.4, 0.5) is 85.1 Å². The monoisotopic (exact) mass is 1060 g/mol. The SMILES string of the molecule is CCOC(=O)/C=C(C)/C=C/[C@@H](OC)[C@H](OC(=O)Nc1ccc(OC)cc1)c1ccc(OCCO[Si](CCC(F)(F)C(F)(F)C(F)(F)C(F)(F)C(F)(F)C(F)(F)C(F)(F)C(F)(F)F)(C(C)C)C(C)C)cc1. The van der Waals surface area contributed by atoms with Crippen molar-refractivity contribution in [3.63, 3.8) is 0 Å². The number of esters is 1. The van der Waals surface area contributed by atoms with E-state index in [-0.39, 0.29) is 12.4 Å². The normalized spacial score (nSPS) is 15.0. The van der Waals surface area contributed by atoms with Crippen molar-refractivity contribution in [2.75, 3.05) is 39.4 Å². The molecule has 0 heterocycles. The van der Waals surface area contributed by atoms with Gasteiger partial charge in [-0.2, -0.15) is 74.6 Å². The third-order valence-electron chi connectivity index (χ3n) is 10.8. The van der Waals surface area contributed by atoms with Crippen LogP contribution >= 0.6 is 0 Å². The zero-order chi connectivity index (χ0) is 54.1. The Hall–Kier alpha value is -4.79. The van der Waals surface area contributed by atoms with Gasteiger partial charge >= 0.3 is 59.7 Å². The van der Waals surface area contributed by atoms with Gasteiger partial charge in [0.15, 0.2) is 14.4 Å². The first-order valence-electron chi connectivity index (χ1n) is 20.6. The number of amides is 1. The minimum Gasteiger partial charge on any atom is -0.497 e. The molecule has 1 amide bonds. The summed E-state index contributed by atoms with van der Waals surface area (Å²) >= 11 is 0. The summed E-state index contributed by atoms with van der Waals surface area (Å²) in [7, 11) is -1.30. The zero-order valence-corrected chi connectivity index (χ0v) is 39.4. The molecule has 2 aromatic carbocycles. The van der Waals surface area contributed by atoms with E-state index in [2.05, 4.69) is 5.32 Å². The van der Waals surface area contributed by atoms with Crippen molar-refractivity contribution in [1.29, 1.82) is 0 Å². The first-order chi connectivity index (χ1) is 31.9. The van der Waals surface area contributed by atoms with Gasteiger partial charge in [-0.3, -0.25) is 5.32 Å². The summed E-state index contributed by atoms with van der Waals surface area (Å²) in [5.74, 6) is -57.0. The number of hydrogen-bond donors (Lipinski definition) is 1. The lowest BCUT2D eigenvalue weighted by Crippen LogP contribution is -2.74. The second-order valence-electron chi connectivity index (χ2n) is 16.1. The smallest absolute Gasteiger partial charge is 0.460 e. The van der Waals surface area contributed by atoms with Gasteiger partial charge < -0.3 is 28.1 Å². The minimum atomic E-state index is -8.71. The van der Waals surface area contributed by atoms with Gasteiger partial charge in [0.1, 0.15) is 24.2 Å². The largest absolute Gasteiger partial charge is 0.497 e. The first kappa shape index (κ1) is 61.3. The molecule has 0 aromatic heterocycles. The number of alkyl halides is 17. The second-order valence-corrected chi connectivity index (χ2v) is 21.1. The van der Waals surface area contributed by atoms with Gasteiger partial charge in [0.2, 0.25) is 0 Å². The summed E-state index contributed by atoms with van der Waals surface area (Å²) in [4.78, 5) is 25.0. The lowest BCUT2D eigenvalue weighted by Gasteiger charge is -2.44. The number of allylic oxidation sites excluding steroid dienone is 2. The highest BCUT2D eigenvalue weighted by molar-refractivity contribution is 6.76. The highest BCUT2D eigenvalue weighted by Crippen LogP contribution is 2.64. The first-order valence-corrected chi connectivity index (χ1v) is 22.9. The average molecular weight is 1060 g/mol. The topological polar surface area (TPSA) is 102 Å². The molecule has 398 valence electrons. The van der Waals surface area contributed by atoms with Crippen molar-refractivity contribution in [2.24, 2.45) is 0 Å². The Kier molecular flexibility index (Phi) is 20.3. The third kappa shape index (κ3) is 13.0. The third-order valence-corrected chi connectivity index (χ3v) is 16.5. The molecule has 0 spiro atoms. The number of benzene rings is 2. The molecule has 0 bridgehead atoms. The summed E-state index contributed by atoms with van der Waals surface area (Å²) in [5.41, 5.74) is -0.749. The molecule has 0 aliphatic carbocycles. The summed E-state index contributed by atoms with van der Waals surface area (Å²) in [5, 5.41) is 2.55. The van der Waals surface area contributed by atoms with Crippen molar-refractivity contribution >= 4 is 26.1 Å². The van der Waals surface area contributed by atoms with E-state index in [9.17, 15) is 75.4 Å². The van der Waals surface area contributed by atoms with E-state index in [1.54, 1.807) is 26.0 Å². The van der Waals surface area contributed by atoms with E-state index in [0.29, 0.717) is 22.6 Å². The van der Waals surface area contributed by atoms with Gasteiger partial charge in [-0.05, 0) is 78.5 Å². The van der Waals surface area contributed by atoms with Gasteiger partial charge in [-0.25, -0.2) is 9.59 Å². The van der Waals surface area contributed by atoms with Gasteiger partial charge in [-0.15, -0.1) is 0 Å². The fourth-order valence-corrected chi connectivity index (χ4v) is 11.2. The van der Waals surface area contributed by atoms with E-state index < -0.39 is 117 Å². The molecule has 9 nitrogen and oxygen atoms in total. The molecule has 70 heavy (non-hydrogen) atoms. The minimum absolute atomic E-state index is 0.0811.